The van der Waals surface area contributed by atoms with Gasteiger partial charge in [0.2, 0.25) is 11.5 Å². The van der Waals surface area contributed by atoms with Crippen molar-refractivity contribution in [1.29, 1.82) is 0 Å². The molecular weight excluding hydrogens is 620 g/mol. The number of amides is 1. The third kappa shape index (κ3) is 11.7. The number of alkyl carbamates (subject to hydrolysis) is 1. The molecule has 0 bridgehead atoms. The fourth-order valence-corrected chi connectivity index (χ4v) is 4.50. The lowest BCUT2D eigenvalue weighted by Gasteiger charge is -2.29. The number of carbonyl (C=O) groups is 2. The quantitative estimate of drug-likeness (QED) is 0.153. The van der Waals surface area contributed by atoms with Crippen LogP contribution in [0.5, 0.6) is 11.6 Å². The van der Waals surface area contributed by atoms with Crippen molar-refractivity contribution in [3.05, 3.63) is 47.9 Å². The first-order chi connectivity index (χ1) is 20.0. The molecule has 2 aromatic rings. The Balaban J connectivity index is 2.07. The largest absolute Gasteiger partial charge is 0.458 e. The van der Waals surface area contributed by atoms with E-state index >= 15 is 0 Å². The second kappa shape index (κ2) is 14.2. The van der Waals surface area contributed by atoms with Gasteiger partial charge in [-0.15, -0.1) is 0 Å². The SMILES string of the molecule is CC(C)(C)OC(=O)N[C@@H](CCSCCC(O)(c1cnc(Oc2cccc(C(F)(F)F)c2)cn1)C(F)(F)F)C(=O)OC(C)(C)C. The zero-order valence-corrected chi connectivity index (χ0v) is 25.7. The summed E-state index contributed by atoms with van der Waals surface area (Å²) in [7, 11) is 0. The molecule has 0 radical (unpaired) electrons. The zero-order valence-electron chi connectivity index (χ0n) is 24.9. The Morgan fingerprint density at radius 3 is 2.09 bits per heavy atom. The number of esters is 1. The van der Waals surface area contributed by atoms with Crippen molar-refractivity contribution in [3.63, 3.8) is 0 Å². The van der Waals surface area contributed by atoms with Gasteiger partial charge in [-0.25, -0.2) is 14.6 Å². The number of nitrogens with zero attached hydrogens (tertiary/aromatic N) is 2. The molecular formula is C28H35F6N3O6S. The molecule has 0 spiro atoms. The van der Waals surface area contributed by atoms with Crippen LogP contribution in [0.2, 0.25) is 0 Å². The van der Waals surface area contributed by atoms with Gasteiger partial charge in [-0.3, -0.25) is 4.98 Å². The standard InChI is InChI=1S/C28H35F6N3O6S/c1-24(2,3)42-22(38)19(37-23(39)43-25(4,5)6)10-12-44-13-11-26(40,28(32,33)34)20-15-36-21(16-35-20)41-18-9-7-8-17(14-18)27(29,30)31/h7-9,14-16,19,40H,10-13H2,1-6H3,(H,37,39)/t19-,26?/m0/s1. The lowest BCUT2D eigenvalue weighted by molar-refractivity contribution is -0.269. The summed E-state index contributed by atoms with van der Waals surface area (Å²) in [4.78, 5) is 32.2. The van der Waals surface area contributed by atoms with Crippen molar-refractivity contribution in [2.75, 3.05) is 11.5 Å². The number of carbonyl (C=O) groups excluding carboxylic acids is 2. The Bertz CT molecular complexity index is 1260. The molecule has 1 aromatic carbocycles. The highest BCUT2D eigenvalue weighted by Gasteiger charge is 2.55. The van der Waals surface area contributed by atoms with Gasteiger partial charge in [0.15, 0.2) is 0 Å². The average molecular weight is 656 g/mol. The van der Waals surface area contributed by atoms with E-state index in [1.807, 2.05) is 0 Å². The minimum absolute atomic E-state index is 0.00928. The van der Waals surface area contributed by atoms with Crippen LogP contribution in [0.15, 0.2) is 36.7 Å². The van der Waals surface area contributed by atoms with Gasteiger partial charge in [-0.1, -0.05) is 6.07 Å². The Kier molecular flexibility index (Phi) is 11.9. The number of alkyl halides is 6. The van der Waals surface area contributed by atoms with E-state index < -0.39 is 70.8 Å². The van der Waals surface area contributed by atoms with Gasteiger partial charge in [0.25, 0.3) is 0 Å². The second-order valence-electron chi connectivity index (χ2n) is 11.6. The number of rotatable bonds is 11. The number of nitrogens with one attached hydrogen (secondary N) is 1. The molecule has 246 valence electrons. The summed E-state index contributed by atoms with van der Waals surface area (Å²) in [5.74, 6) is -1.55. The summed E-state index contributed by atoms with van der Waals surface area (Å²) < 4.78 is 96.4. The Labute approximate surface area is 255 Å². The lowest BCUT2D eigenvalue weighted by atomic mass is 9.96. The summed E-state index contributed by atoms with van der Waals surface area (Å²) in [5, 5.41) is 13.0. The molecule has 0 fully saturated rings. The maximum absolute atomic E-state index is 14.0. The number of aliphatic hydroxyl groups is 1. The molecule has 44 heavy (non-hydrogen) atoms. The van der Waals surface area contributed by atoms with Crippen LogP contribution in [0.4, 0.5) is 31.1 Å². The van der Waals surface area contributed by atoms with E-state index in [1.165, 1.54) is 6.07 Å². The minimum atomic E-state index is -5.16. The van der Waals surface area contributed by atoms with Crippen LogP contribution in [0.1, 0.15) is 65.6 Å². The van der Waals surface area contributed by atoms with Crippen LogP contribution in [-0.2, 0) is 26.0 Å². The predicted octanol–water partition coefficient (Wildman–Crippen LogP) is 6.79. The number of thioether (sulfide) groups is 1. The normalized spacial score (nSPS) is 14.8. The van der Waals surface area contributed by atoms with E-state index in [-0.39, 0.29) is 23.7 Å². The van der Waals surface area contributed by atoms with Crippen LogP contribution in [-0.4, -0.2) is 62.1 Å². The minimum Gasteiger partial charge on any atom is -0.458 e. The van der Waals surface area contributed by atoms with E-state index in [4.69, 9.17) is 14.2 Å². The van der Waals surface area contributed by atoms with Crippen molar-refractivity contribution >= 4 is 23.8 Å². The summed E-state index contributed by atoms with van der Waals surface area (Å²) in [5.41, 5.74) is -6.97. The highest BCUT2D eigenvalue weighted by Crippen LogP contribution is 2.41. The molecule has 2 atom stereocenters. The number of benzene rings is 1. The van der Waals surface area contributed by atoms with Crippen LogP contribution in [0, 0.1) is 0 Å². The molecule has 9 nitrogen and oxygen atoms in total. The number of hydrogen-bond acceptors (Lipinski definition) is 9. The fourth-order valence-electron chi connectivity index (χ4n) is 3.45. The molecule has 1 unspecified atom stereocenters. The summed E-state index contributed by atoms with van der Waals surface area (Å²) >= 11 is 0.978. The molecule has 1 amide bonds. The smallest absolute Gasteiger partial charge is 0.423 e. The lowest BCUT2D eigenvalue weighted by Crippen LogP contribution is -2.46. The molecule has 16 heteroatoms. The highest BCUT2D eigenvalue weighted by atomic mass is 32.2. The predicted molar refractivity (Wildman–Crippen MR) is 149 cm³/mol. The fraction of sp³-hybridized carbons (Fsp3) is 0.571. The maximum Gasteiger partial charge on any atom is 0.423 e. The molecule has 0 saturated heterocycles. The van der Waals surface area contributed by atoms with Crippen molar-refractivity contribution in [3.8, 4) is 11.6 Å². The van der Waals surface area contributed by atoms with E-state index in [9.17, 15) is 41.0 Å². The summed E-state index contributed by atoms with van der Waals surface area (Å²) in [6, 6.07) is 2.65. The van der Waals surface area contributed by atoms with Gasteiger partial charge >= 0.3 is 24.4 Å². The van der Waals surface area contributed by atoms with Crippen LogP contribution >= 0.6 is 11.8 Å². The topological polar surface area (TPSA) is 120 Å². The van der Waals surface area contributed by atoms with E-state index in [0.29, 0.717) is 12.3 Å². The van der Waals surface area contributed by atoms with Gasteiger partial charge in [0.1, 0.15) is 23.0 Å². The summed E-state index contributed by atoms with van der Waals surface area (Å²) in [6.45, 7) is 9.80. The number of aromatic nitrogens is 2. The number of halogens is 6. The van der Waals surface area contributed by atoms with Crippen molar-refractivity contribution in [2.45, 2.75) is 89.6 Å². The monoisotopic (exact) mass is 655 g/mol. The van der Waals surface area contributed by atoms with Crippen molar-refractivity contribution in [2.24, 2.45) is 0 Å². The highest BCUT2D eigenvalue weighted by molar-refractivity contribution is 7.99. The van der Waals surface area contributed by atoms with Crippen LogP contribution in [0.25, 0.3) is 0 Å². The van der Waals surface area contributed by atoms with Crippen molar-refractivity contribution < 1.29 is 55.2 Å². The van der Waals surface area contributed by atoms with E-state index in [0.717, 1.165) is 30.1 Å². The molecule has 2 rings (SSSR count). The first-order valence-electron chi connectivity index (χ1n) is 13.3. The third-order valence-corrected chi connectivity index (χ3v) is 6.46. The van der Waals surface area contributed by atoms with E-state index in [2.05, 4.69) is 15.3 Å². The molecule has 0 saturated carbocycles. The maximum atomic E-state index is 14.0. The Hall–Kier alpha value is -3.27. The molecule has 0 aliphatic heterocycles. The summed E-state index contributed by atoms with van der Waals surface area (Å²) in [6.07, 6.45) is -10.1. The first kappa shape index (κ1) is 36.9. The molecule has 2 N–H and O–H groups in total. The third-order valence-electron chi connectivity index (χ3n) is 5.45. The van der Waals surface area contributed by atoms with Gasteiger partial charge < -0.3 is 24.6 Å². The van der Waals surface area contributed by atoms with Crippen molar-refractivity contribution in [1.82, 2.24) is 15.3 Å². The average Bonchev–Trinajstić information content (AvgIpc) is 2.85. The van der Waals surface area contributed by atoms with E-state index in [1.54, 1.807) is 41.5 Å². The first-order valence-corrected chi connectivity index (χ1v) is 14.4. The molecule has 0 aliphatic rings. The Morgan fingerprint density at radius 1 is 0.932 bits per heavy atom. The van der Waals surface area contributed by atoms with Gasteiger partial charge in [0.05, 0.1) is 23.7 Å². The zero-order chi connectivity index (χ0) is 33.6. The second-order valence-corrected chi connectivity index (χ2v) is 12.8. The molecule has 1 heterocycles. The number of ether oxygens (including phenoxy) is 3. The van der Waals surface area contributed by atoms with Gasteiger partial charge in [-0.2, -0.15) is 38.1 Å². The Morgan fingerprint density at radius 2 is 1.57 bits per heavy atom. The van der Waals surface area contributed by atoms with Gasteiger partial charge in [-0.05, 0) is 84.1 Å². The van der Waals surface area contributed by atoms with Crippen LogP contribution in [0.3, 0.4) is 0 Å². The van der Waals surface area contributed by atoms with Crippen LogP contribution < -0.4 is 10.1 Å². The molecule has 1 aromatic heterocycles. The number of hydrogen-bond donors (Lipinski definition) is 2. The van der Waals surface area contributed by atoms with Gasteiger partial charge in [0, 0.05) is 0 Å². The molecule has 0 aliphatic carbocycles.